The van der Waals surface area contributed by atoms with Gasteiger partial charge in [-0.2, -0.15) is 0 Å². The Bertz CT molecular complexity index is 300. The van der Waals surface area contributed by atoms with Crippen molar-refractivity contribution in [3.63, 3.8) is 0 Å². The van der Waals surface area contributed by atoms with E-state index in [-0.39, 0.29) is 0 Å². The first-order valence-corrected chi connectivity index (χ1v) is 4.97. The van der Waals surface area contributed by atoms with Crippen LogP contribution in [0, 0.1) is 0 Å². The highest BCUT2D eigenvalue weighted by Gasteiger charge is 2.15. The summed E-state index contributed by atoms with van der Waals surface area (Å²) in [6.45, 7) is 4.19. The van der Waals surface area contributed by atoms with Gasteiger partial charge in [0.25, 0.3) is 0 Å². The number of hydrogen-bond donors (Lipinski definition) is 2. The quantitative estimate of drug-likeness (QED) is 0.767. The van der Waals surface area contributed by atoms with Crippen molar-refractivity contribution in [2.24, 2.45) is 0 Å². The zero-order chi connectivity index (χ0) is 10.0. The normalized spacial score (nSPS) is 10.6. The predicted octanol–water partition coefficient (Wildman–Crippen LogP) is 1.25. The first-order valence-electron chi connectivity index (χ1n) is 4.18. The van der Waals surface area contributed by atoms with E-state index in [1.54, 1.807) is 6.07 Å². The molecule has 2 nitrogen and oxygen atoms in total. The smallest absolute Gasteiger partial charge is 0.423 e. The van der Waals surface area contributed by atoms with Gasteiger partial charge in [0.15, 0.2) is 0 Å². The van der Waals surface area contributed by atoms with Gasteiger partial charge in [-0.3, -0.25) is 0 Å². The van der Waals surface area contributed by atoms with E-state index in [4.69, 9.17) is 10.0 Å². The first-order chi connectivity index (χ1) is 6.02. The third kappa shape index (κ3) is 2.56. The Labute approximate surface area is 86.9 Å². The van der Waals surface area contributed by atoms with E-state index in [9.17, 15) is 0 Å². The van der Waals surface area contributed by atoms with Crippen LogP contribution in [0.2, 0.25) is 0 Å². The molecule has 0 atom stereocenters. The van der Waals surface area contributed by atoms with Crippen molar-refractivity contribution in [1.82, 2.24) is 0 Å². The average Bonchev–Trinajstić information content (AvgIpc) is 2.03. The van der Waals surface area contributed by atoms with E-state index in [2.05, 4.69) is 29.8 Å². The lowest BCUT2D eigenvalue weighted by Gasteiger charge is -2.08. The fourth-order valence-corrected chi connectivity index (χ4v) is 1.71. The number of hydrogen-bond acceptors (Lipinski definition) is 2. The molecule has 0 heterocycles. The summed E-state index contributed by atoms with van der Waals surface area (Å²) >= 11 is 3.30. The van der Waals surface area contributed by atoms with Crippen molar-refractivity contribution in [2.75, 3.05) is 0 Å². The number of halogens is 1. The van der Waals surface area contributed by atoms with Crippen molar-refractivity contribution >= 4 is 28.5 Å². The van der Waals surface area contributed by atoms with E-state index < -0.39 is 7.12 Å². The highest BCUT2D eigenvalue weighted by Crippen LogP contribution is 2.17. The Balaban J connectivity index is 3.06. The first kappa shape index (κ1) is 10.8. The predicted molar refractivity (Wildman–Crippen MR) is 58.1 cm³/mol. The summed E-state index contributed by atoms with van der Waals surface area (Å²) in [6, 6.07) is 5.55. The molecule has 0 spiro atoms. The second kappa shape index (κ2) is 4.27. The summed E-state index contributed by atoms with van der Waals surface area (Å²) < 4.78 is 0.744. The lowest BCUT2D eigenvalue weighted by Crippen LogP contribution is -2.30. The van der Waals surface area contributed by atoms with Crippen LogP contribution in [0.1, 0.15) is 25.3 Å². The second-order valence-corrected chi connectivity index (χ2v) is 4.16. The van der Waals surface area contributed by atoms with Gasteiger partial charge >= 0.3 is 7.12 Å². The lowest BCUT2D eigenvalue weighted by molar-refractivity contribution is 0.425. The Kier molecular flexibility index (Phi) is 3.53. The molecular formula is C9H12BBrO2. The maximum atomic E-state index is 8.96. The van der Waals surface area contributed by atoms with Crippen LogP contribution in [-0.4, -0.2) is 17.2 Å². The monoisotopic (exact) mass is 242 g/mol. The molecule has 0 bridgehead atoms. The van der Waals surface area contributed by atoms with E-state index in [1.165, 1.54) is 5.56 Å². The minimum atomic E-state index is -1.41. The van der Waals surface area contributed by atoms with E-state index in [0.717, 1.165) is 4.47 Å². The minimum absolute atomic E-state index is 0.446. The summed E-state index contributed by atoms with van der Waals surface area (Å²) in [5.74, 6) is 0.446. The molecule has 2 N–H and O–H groups in total. The van der Waals surface area contributed by atoms with Gasteiger partial charge in [0.05, 0.1) is 0 Å². The van der Waals surface area contributed by atoms with Gasteiger partial charge < -0.3 is 10.0 Å². The molecule has 0 saturated heterocycles. The van der Waals surface area contributed by atoms with Crippen LogP contribution in [0.3, 0.4) is 0 Å². The molecule has 1 aromatic carbocycles. The lowest BCUT2D eigenvalue weighted by atomic mass is 9.79. The zero-order valence-electron chi connectivity index (χ0n) is 7.66. The molecule has 0 amide bonds. The molecule has 0 aliphatic carbocycles. The fraction of sp³-hybridized carbons (Fsp3) is 0.333. The maximum Gasteiger partial charge on any atom is 0.489 e. The second-order valence-electron chi connectivity index (χ2n) is 3.31. The van der Waals surface area contributed by atoms with Crippen LogP contribution >= 0.6 is 15.9 Å². The van der Waals surface area contributed by atoms with Crippen molar-refractivity contribution in [3.05, 3.63) is 28.2 Å². The molecule has 0 radical (unpaired) electrons. The minimum Gasteiger partial charge on any atom is -0.423 e. The van der Waals surface area contributed by atoms with E-state index in [0.29, 0.717) is 11.4 Å². The summed E-state index contributed by atoms with van der Waals surface area (Å²) in [5.41, 5.74) is 1.68. The molecule has 0 aromatic heterocycles. The van der Waals surface area contributed by atoms with Crippen LogP contribution in [0.25, 0.3) is 0 Å². The molecule has 1 aromatic rings. The van der Waals surface area contributed by atoms with Crippen molar-refractivity contribution < 1.29 is 10.0 Å². The van der Waals surface area contributed by atoms with Gasteiger partial charge in [0.2, 0.25) is 0 Å². The van der Waals surface area contributed by atoms with Crippen molar-refractivity contribution in [2.45, 2.75) is 19.8 Å². The number of benzene rings is 1. The molecule has 0 unspecified atom stereocenters. The van der Waals surface area contributed by atoms with Crippen molar-refractivity contribution in [1.29, 1.82) is 0 Å². The standard InChI is InChI=1S/C9H12BBrO2/c1-6(2)7-3-4-8(10(12)13)9(11)5-7/h3-6,12-13H,1-2H3. The summed E-state index contributed by atoms with van der Waals surface area (Å²) in [6.07, 6.45) is 0. The largest absolute Gasteiger partial charge is 0.489 e. The van der Waals surface area contributed by atoms with Crippen LogP contribution in [0.15, 0.2) is 22.7 Å². The van der Waals surface area contributed by atoms with E-state index >= 15 is 0 Å². The third-order valence-electron chi connectivity index (χ3n) is 1.97. The van der Waals surface area contributed by atoms with Gasteiger partial charge in [0.1, 0.15) is 0 Å². The zero-order valence-corrected chi connectivity index (χ0v) is 9.25. The van der Waals surface area contributed by atoms with Crippen LogP contribution in [-0.2, 0) is 0 Å². The van der Waals surface area contributed by atoms with Gasteiger partial charge in [0, 0.05) is 4.47 Å². The Morgan fingerprint density at radius 3 is 2.31 bits per heavy atom. The average molecular weight is 243 g/mol. The van der Waals surface area contributed by atoms with Crippen LogP contribution in [0.5, 0.6) is 0 Å². The highest BCUT2D eigenvalue weighted by molar-refractivity contribution is 9.10. The number of rotatable bonds is 2. The van der Waals surface area contributed by atoms with Gasteiger partial charge in [-0.15, -0.1) is 0 Å². The molecule has 1 rings (SSSR count). The molecular weight excluding hydrogens is 231 g/mol. The maximum absolute atomic E-state index is 8.96. The third-order valence-corrected chi connectivity index (χ3v) is 2.66. The molecule has 4 heteroatoms. The van der Waals surface area contributed by atoms with Gasteiger partial charge in [-0.1, -0.05) is 41.9 Å². The molecule has 0 fully saturated rings. The molecule has 0 aliphatic rings. The van der Waals surface area contributed by atoms with Crippen LogP contribution < -0.4 is 5.46 Å². The SMILES string of the molecule is CC(C)c1ccc(B(O)O)c(Br)c1. The Morgan fingerprint density at radius 1 is 1.31 bits per heavy atom. The summed E-state index contributed by atoms with van der Waals surface area (Å²) in [5, 5.41) is 17.9. The highest BCUT2D eigenvalue weighted by atomic mass is 79.9. The summed E-state index contributed by atoms with van der Waals surface area (Å²) in [4.78, 5) is 0. The molecule has 0 saturated carbocycles. The Hall–Kier alpha value is -0.315. The van der Waals surface area contributed by atoms with Gasteiger partial charge in [-0.05, 0) is 23.0 Å². The van der Waals surface area contributed by atoms with Crippen LogP contribution in [0.4, 0.5) is 0 Å². The molecule has 70 valence electrons. The fourth-order valence-electron chi connectivity index (χ4n) is 1.11. The van der Waals surface area contributed by atoms with Crippen molar-refractivity contribution in [3.8, 4) is 0 Å². The molecule has 13 heavy (non-hydrogen) atoms. The van der Waals surface area contributed by atoms with E-state index in [1.807, 2.05) is 12.1 Å². The topological polar surface area (TPSA) is 40.5 Å². The summed E-state index contributed by atoms with van der Waals surface area (Å²) in [7, 11) is -1.41. The molecule has 0 aliphatic heterocycles. The Morgan fingerprint density at radius 2 is 1.92 bits per heavy atom. The van der Waals surface area contributed by atoms with Gasteiger partial charge in [-0.25, -0.2) is 0 Å².